The first-order chi connectivity index (χ1) is 16.5. The Hall–Kier alpha value is -3.67. The van der Waals surface area contributed by atoms with Crippen molar-refractivity contribution < 1.29 is 13.9 Å². The molecule has 0 saturated carbocycles. The minimum Gasteiger partial charge on any atom is -0.492 e. The molecule has 34 heavy (non-hydrogen) atoms. The molecule has 0 spiro atoms. The maximum atomic E-state index is 13.4. The van der Waals surface area contributed by atoms with E-state index in [4.69, 9.17) is 9.72 Å². The summed E-state index contributed by atoms with van der Waals surface area (Å²) in [4.78, 5) is 19.4. The number of hydrogen-bond acceptors (Lipinski definition) is 3. The van der Waals surface area contributed by atoms with Crippen LogP contribution in [0.15, 0.2) is 72.8 Å². The number of hydrogen-bond donors (Lipinski definition) is 0. The van der Waals surface area contributed by atoms with Crippen molar-refractivity contribution in [2.45, 2.75) is 38.6 Å². The number of carbonyl (C=O) groups is 1. The molecule has 3 aromatic carbocycles. The van der Waals surface area contributed by atoms with Gasteiger partial charge in [-0.2, -0.15) is 0 Å². The van der Waals surface area contributed by atoms with Crippen molar-refractivity contribution in [2.75, 3.05) is 18.1 Å². The van der Waals surface area contributed by atoms with Crippen LogP contribution in [0.5, 0.6) is 5.75 Å². The third kappa shape index (κ3) is 4.40. The predicted octanol–water partition coefficient (Wildman–Crippen LogP) is 5.90. The van der Waals surface area contributed by atoms with Gasteiger partial charge >= 0.3 is 0 Å². The zero-order chi connectivity index (χ0) is 23.7. The van der Waals surface area contributed by atoms with Crippen LogP contribution in [0.3, 0.4) is 0 Å². The van der Waals surface area contributed by atoms with E-state index >= 15 is 0 Å². The fraction of sp³-hybridized carbons (Fsp3) is 0.286. The van der Waals surface area contributed by atoms with Crippen molar-refractivity contribution in [1.29, 1.82) is 0 Å². The summed E-state index contributed by atoms with van der Waals surface area (Å²) < 4.78 is 21.6. The third-order valence-electron chi connectivity index (χ3n) is 6.44. The van der Waals surface area contributed by atoms with Gasteiger partial charge in [0.2, 0.25) is 5.91 Å². The van der Waals surface area contributed by atoms with E-state index in [1.54, 1.807) is 17.0 Å². The molecule has 1 unspecified atom stereocenters. The molecule has 6 heteroatoms. The van der Waals surface area contributed by atoms with Gasteiger partial charge in [-0.25, -0.2) is 9.37 Å². The van der Waals surface area contributed by atoms with Crippen molar-refractivity contribution >= 4 is 22.6 Å². The van der Waals surface area contributed by atoms with Gasteiger partial charge in [0.25, 0.3) is 0 Å². The molecule has 1 aromatic heterocycles. The van der Waals surface area contributed by atoms with E-state index in [0.29, 0.717) is 37.7 Å². The van der Waals surface area contributed by atoms with E-state index in [1.165, 1.54) is 17.7 Å². The topological polar surface area (TPSA) is 47.4 Å². The molecule has 0 aliphatic carbocycles. The summed E-state index contributed by atoms with van der Waals surface area (Å²) in [6, 6.07) is 22.3. The number of halogens is 1. The van der Waals surface area contributed by atoms with Crippen LogP contribution in [0, 0.1) is 5.82 Å². The highest BCUT2D eigenvalue weighted by Gasteiger charge is 2.34. The van der Waals surface area contributed by atoms with Crippen LogP contribution in [0.4, 0.5) is 10.1 Å². The second kappa shape index (κ2) is 9.29. The SMILES string of the molecule is CC(C)c1ccc(OCCn2c(C3CC(=O)N(c4ccc(F)cc4)C3)nc3ccccc32)cc1. The molecule has 0 bridgehead atoms. The standard InChI is InChI=1S/C28H28FN3O2/c1-19(2)20-7-13-24(14-8-20)34-16-15-31-26-6-4-3-5-25(26)30-28(31)21-17-27(33)32(18-21)23-11-9-22(29)10-12-23/h3-14,19,21H,15-18H2,1-2H3. The van der Waals surface area contributed by atoms with E-state index in [9.17, 15) is 9.18 Å². The number of fused-ring (bicyclic) bond motifs is 1. The van der Waals surface area contributed by atoms with Crippen LogP contribution in [0.1, 0.15) is 43.5 Å². The summed E-state index contributed by atoms with van der Waals surface area (Å²) in [6.45, 7) is 5.99. The molecule has 1 saturated heterocycles. The Morgan fingerprint density at radius 1 is 1.03 bits per heavy atom. The number of para-hydroxylation sites is 2. The first kappa shape index (κ1) is 22.1. The molecule has 0 N–H and O–H groups in total. The summed E-state index contributed by atoms with van der Waals surface area (Å²) in [5.74, 6) is 1.88. The molecule has 4 aromatic rings. The number of carbonyl (C=O) groups excluding carboxylic acids is 1. The van der Waals surface area contributed by atoms with E-state index < -0.39 is 0 Å². The average molecular weight is 458 g/mol. The maximum absolute atomic E-state index is 13.4. The number of anilines is 1. The molecule has 0 radical (unpaired) electrons. The normalized spacial score (nSPS) is 16.1. The molecule has 1 fully saturated rings. The van der Waals surface area contributed by atoms with E-state index in [-0.39, 0.29) is 17.6 Å². The van der Waals surface area contributed by atoms with Crippen molar-refractivity contribution in [2.24, 2.45) is 0 Å². The summed E-state index contributed by atoms with van der Waals surface area (Å²) in [7, 11) is 0. The number of amides is 1. The number of rotatable bonds is 7. The van der Waals surface area contributed by atoms with Gasteiger partial charge in [-0.3, -0.25) is 4.79 Å². The lowest BCUT2D eigenvalue weighted by Crippen LogP contribution is -2.24. The molecular formula is C28H28FN3O2. The van der Waals surface area contributed by atoms with Crippen molar-refractivity contribution in [3.63, 3.8) is 0 Å². The first-order valence-electron chi connectivity index (χ1n) is 11.7. The second-order valence-electron chi connectivity index (χ2n) is 9.06. The minimum absolute atomic E-state index is 0.0247. The third-order valence-corrected chi connectivity index (χ3v) is 6.44. The molecule has 5 nitrogen and oxygen atoms in total. The molecule has 1 aliphatic heterocycles. The summed E-state index contributed by atoms with van der Waals surface area (Å²) >= 11 is 0. The molecule has 1 amide bonds. The largest absolute Gasteiger partial charge is 0.492 e. The lowest BCUT2D eigenvalue weighted by atomic mass is 10.0. The van der Waals surface area contributed by atoms with Gasteiger partial charge in [-0.05, 0) is 60.0 Å². The Labute approximate surface area is 198 Å². The van der Waals surface area contributed by atoms with Gasteiger partial charge in [0.1, 0.15) is 24.0 Å². The van der Waals surface area contributed by atoms with Crippen LogP contribution >= 0.6 is 0 Å². The van der Waals surface area contributed by atoms with Crippen LogP contribution in [-0.2, 0) is 11.3 Å². The highest BCUT2D eigenvalue weighted by atomic mass is 19.1. The van der Waals surface area contributed by atoms with Crippen molar-refractivity contribution in [1.82, 2.24) is 9.55 Å². The fourth-order valence-electron chi connectivity index (χ4n) is 4.60. The van der Waals surface area contributed by atoms with Crippen LogP contribution < -0.4 is 9.64 Å². The lowest BCUT2D eigenvalue weighted by Gasteiger charge is -2.17. The van der Waals surface area contributed by atoms with Gasteiger partial charge in [0, 0.05) is 24.6 Å². The Balaban J connectivity index is 1.36. The Morgan fingerprint density at radius 2 is 1.76 bits per heavy atom. The minimum atomic E-state index is -0.312. The smallest absolute Gasteiger partial charge is 0.227 e. The Morgan fingerprint density at radius 3 is 2.50 bits per heavy atom. The molecule has 1 atom stereocenters. The number of imidazole rings is 1. The number of aromatic nitrogens is 2. The quantitative estimate of drug-likeness (QED) is 0.347. The second-order valence-corrected chi connectivity index (χ2v) is 9.06. The zero-order valence-electron chi connectivity index (χ0n) is 19.4. The number of nitrogens with zero attached hydrogens (tertiary/aromatic N) is 3. The summed E-state index contributed by atoms with van der Waals surface area (Å²) in [6.07, 6.45) is 0.373. The van der Waals surface area contributed by atoms with E-state index in [2.05, 4.69) is 36.6 Å². The van der Waals surface area contributed by atoms with E-state index in [0.717, 1.165) is 22.6 Å². The number of benzene rings is 3. The summed E-state index contributed by atoms with van der Waals surface area (Å²) in [5.41, 5.74) is 3.94. The predicted molar refractivity (Wildman–Crippen MR) is 132 cm³/mol. The fourth-order valence-corrected chi connectivity index (χ4v) is 4.60. The molecule has 174 valence electrons. The van der Waals surface area contributed by atoms with Gasteiger partial charge in [0.15, 0.2) is 0 Å². The van der Waals surface area contributed by atoms with Gasteiger partial charge in [-0.15, -0.1) is 0 Å². The van der Waals surface area contributed by atoms with Crippen LogP contribution in [0.2, 0.25) is 0 Å². The number of ether oxygens (including phenoxy) is 1. The average Bonchev–Trinajstić information content (AvgIpc) is 3.40. The van der Waals surface area contributed by atoms with Crippen molar-refractivity contribution in [3.05, 3.63) is 90.0 Å². The lowest BCUT2D eigenvalue weighted by molar-refractivity contribution is -0.117. The highest BCUT2D eigenvalue weighted by molar-refractivity contribution is 5.96. The summed E-state index contributed by atoms with van der Waals surface area (Å²) in [5, 5.41) is 0. The molecular weight excluding hydrogens is 429 g/mol. The molecule has 5 rings (SSSR count). The van der Waals surface area contributed by atoms with Gasteiger partial charge in [0.05, 0.1) is 17.6 Å². The Bertz CT molecular complexity index is 1300. The van der Waals surface area contributed by atoms with E-state index in [1.807, 2.05) is 30.3 Å². The Kier molecular flexibility index (Phi) is 6.05. The maximum Gasteiger partial charge on any atom is 0.227 e. The van der Waals surface area contributed by atoms with Crippen LogP contribution in [-0.4, -0.2) is 28.6 Å². The highest BCUT2D eigenvalue weighted by Crippen LogP contribution is 2.33. The van der Waals surface area contributed by atoms with Gasteiger partial charge in [-0.1, -0.05) is 38.1 Å². The molecule has 1 aliphatic rings. The first-order valence-corrected chi connectivity index (χ1v) is 11.7. The molecule has 2 heterocycles. The zero-order valence-corrected chi connectivity index (χ0v) is 19.4. The van der Waals surface area contributed by atoms with Crippen LogP contribution in [0.25, 0.3) is 11.0 Å². The van der Waals surface area contributed by atoms with Crippen molar-refractivity contribution in [3.8, 4) is 5.75 Å². The van der Waals surface area contributed by atoms with Gasteiger partial charge < -0.3 is 14.2 Å². The monoisotopic (exact) mass is 457 g/mol.